The largest absolute Gasteiger partial charge is 0.412 e. The van der Waals surface area contributed by atoms with Crippen molar-refractivity contribution >= 4 is 35.9 Å². The molecule has 0 aromatic rings. The summed E-state index contributed by atoms with van der Waals surface area (Å²) in [6, 6.07) is 0. The normalized spacial score (nSPS) is 3.60. The maximum atomic E-state index is 6.86. The van der Waals surface area contributed by atoms with E-state index in [9.17, 15) is 0 Å². The predicted molar refractivity (Wildman–Crippen MR) is 444 cm³/mol. The Labute approximate surface area is 681 Å². The van der Waals surface area contributed by atoms with Crippen LogP contribution < -0.4 is 6.15 Å². The second-order valence-electron chi connectivity index (χ2n) is 12.1. The molecule has 0 rings (SSSR count). The van der Waals surface area contributed by atoms with Crippen LogP contribution in [0.15, 0.2) is 0 Å². The molecule has 0 aliphatic carbocycles. The average Bonchev–Trinajstić information content (AvgIpc) is 2.12. The van der Waals surface area contributed by atoms with Gasteiger partial charge in [0.25, 0.3) is 0 Å². The third-order valence-electron chi connectivity index (χ3n) is 5.83. The van der Waals surface area contributed by atoms with Gasteiger partial charge < -0.3 is 11.6 Å². The Balaban J connectivity index is -0.000000140. The summed E-state index contributed by atoms with van der Waals surface area (Å²) in [6.45, 7) is 6.77. The molecule has 0 atom stereocenters. The summed E-state index contributed by atoms with van der Waals surface area (Å²) in [5, 5.41) is 12.0. The quantitative estimate of drug-likeness (QED) is 0.0944. The van der Waals surface area contributed by atoms with E-state index in [0.29, 0.717) is 0 Å². The molecule has 11 heteroatoms. The molecule has 0 fully saturated rings. The van der Waals surface area contributed by atoms with Crippen LogP contribution in [0.2, 0.25) is 0 Å². The van der Waals surface area contributed by atoms with E-state index in [1.807, 2.05) is 0 Å². The van der Waals surface area contributed by atoms with Crippen molar-refractivity contribution in [2.75, 3.05) is 0 Å². The zero-order valence-corrected chi connectivity index (χ0v) is 60.7. The molecule has 0 bridgehead atoms. The van der Waals surface area contributed by atoms with Crippen LogP contribution in [0.3, 0.4) is 0 Å². The summed E-state index contributed by atoms with van der Waals surface area (Å²) in [4.78, 5) is 1.75. The summed E-state index contributed by atoms with van der Waals surface area (Å²) >= 11 is 7.33. The Bertz CT molecular complexity index is 6710. The van der Waals surface area contributed by atoms with Crippen molar-refractivity contribution in [1.82, 2.24) is 6.15 Å². The molecule has 0 aliphatic heterocycles. The smallest absolute Gasteiger partial charge is 0 e. The number of rotatable bonds is 0. The van der Waals surface area contributed by atoms with Crippen LogP contribution in [-0.4, -0.2) is 5.48 Å². The van der Waals surface area contributed by atoms with Gasteiger partial charge in [-0.15, -0.1) is 18.4 Å². The van der Waals surface area contributed by atoms with E-state index in [-0.39, 0.29) is 52.0 Å². The third kappa shape index (κ3) is 139. The number of nitrogens with zero attached hydrogens (tertiary/aromatic N) is 4. The second kappa shape index (κ2) is 129. The van der Waals surface area contributed by atoms with E-state index in [1.165, 1.54) is 0 Å². The van der Waals surface area contributed by atoms with E-state index in [4.69, 9.17) is 34.7 Å². The van der Waals surface area contributed by atoms with Gasteiger partial charge in [0.05, 0.1) is 0 Å². The maximum Gasteiger partial charge on any atom is 0 e. The molecular formula is C99H26N6ORuS3. The molecule has 484 valence electrons. The van der Waals surface area contributed by atoms with E-state index in [1.54, 1.807) is 32.6 Å². The van der Waals surface area contributed by atoms with Gasteiger partial charge in [0.2, 0.25) is 0 Å². The molecule has 110 heavy (non-hydrogen) atoms. The molecule has 7 nitrogen and oxygen atoms in total. The van der Waals surface area contributed by atoms with Crippen molar-refractivity contribution in [3.8, 4) is 558 Å². The molecule has 0 radical (unpaired) electrons. The zero-order valence-electron chi connectivity index (χ0n) is 56.3. The third-order valence-corrected chi connectivity index (χ3v) is 5.83. The molecule has 0 unspecified atom stereocenters. The maximum absolute atomic E-state index is 6.86. The van der Waals surface area contributed by atoms with Crippen molar-refractivity contribution in [2.45, 2.75) is 35.1 Å². The van der Waals surface area contributed by atoms with Gasteiger partial charge in [0.1, 0.15) is 0 Å². The van der Waals surface area contributed by atoms with Crippen LogP contribution in [0.5, 0.6) is 0 Å². The standard InChI is InChI=1S/C36H6.C35H4.C27H4.CH4.HN3.N2.H3N.H2O.Ru.S2.H2S/c1-3-5-7-9-11-13-15-17-19-21-23-25-27-29-31-33-35-36-34-32-30-28-26-24-22-20-18-16-14-12-10-8-6-4-2;1-3-5-7-9-11-13-15-17-19-21-23-25-27-29-31-33-35-34-32-30-28-26-24-22-20-18-16-14-12-10-8-6-4-2;1-3-5-7-9-11-13-15-17-19-21-23-25-27-26-24-22-20-18-16-14-12-10-8-6-4-2;;1-3-2;1-2;;;;1-2;/h1-2H3;1H,2H3;1H,2H3;1H4;1H;;1H3;1H2;;;1H2. The number of terminal acetylenes is 2. The summed E-state index contributed by atoms with van der Waals surface area (Å²) in [7, 11) is 0. The molecule has 0 spiro atoms. The zero-order chi connectivity index (χ0) is 77.8. The summed E-state index contributed by atoms with van der Waals surface area (Å²) in [5.74, 6) is 229. The van der Waals surface area contributed by atoms with Crippen LogP contribution in [0, 0.1) is 574 Å². The number of hydrogen-bond donors (Lipinski definition) is 2. The van der Waals surface area contributed by atoms with Crippen molar-refractivity contribution in [3.05, 3.63) is 10.4 Å². The van der Waals surface area contributed by atoms with E-state index in [2.05, 4.69) is 567 Å². The van der Waals surface area contributed by atoms with Gasteiger partial charge in [-0.2, -0.15) is 13.5 Å². The molecule has 0 heterocycles. The van der Waals surface area contributed by atoms with E-state index in [0.717, 1.165) is 0 Å². The van der Waals surface area contributed by atoms with Gasteiger partial charge in [-0.3, -0.25) is 0 Å². The summed E-state index contributed by atoms with van der Waals surface area (Å²) in [6.07, 6.45) is 9.84. The van der Waals surface area contributed by atoms with Crippen LogP contribution in [0.1, 0.15) is 35.1 Å². The van der Waals surface area contributed by atoms with Crippen LogP contribution >= 0.6 is 13.5 Å². The Hall–Kier alpha value is -20.6. The van der Waals surface area contributed by atoms with E-state index >= 15 is 0 Å². The fraction of sp³-hybridized carbons (Fsp3) is 0.0505. The Kier molecular flexibility index (Phi) is 133. The molecule has 6 N–H and O–H groups in total. The SMILES string of the molecule is C.C#CC#CC#CC#CC#CC#CC#CC#CC#CC#CC#CC#CC#CC.C#CC#CC#CC#CC#CC#CC#CC#CC#CC#CC#CC#CC#CC#CC#CC#CC#CC.CC#CC#CC#CC#CC#CC#CC#CC#CC#CC#CC#CC#CC#CC#CC#CC#CC#CC.N.N#N.O.S.S=S.[N-]=[N+]=N.[Ru]. The Morgan fingerprint density at radius 3 is 0.300 bits per heavy atom. The molecule has 0 aromatic carbocycles. The monoisotopic (exact) mass is 1510 g/mol. The van der Waals surface area contributed by atoms with E-state index < -0.39 is 0 Å². The van der Waals surface area contributed by atoms with Gasteiger partial charge >= 0.3 is 0 Å². The first-order chi connectivity index (χ1) is 52.2. The Morgan fingerprint density at radius 1 is 0.209 bits per heavy atom. The minimum absolute atomic E-state index is 0. The molecule has 0 saturated heterocycles. The average molecular weight is 1510 g/mol. The van der Waals surface area contributed by atoms with Crippen molar-refractivity contribution in [3.63, 3.8) is 0 Å². The molecule has 0 aromatic heterocycles. The first-order valence-corrected chi connectivity index (χ1v) is 27.0. The van der Waals surface area contributed by atoms with Gasteiger partial charge in [-0.1, -0.05) is 31.1 Å². The minimum atomic E-state index is 0. The Morgan fingerprint density at radius 2 is 0.255 bits per heavy atom. The van der Waals surface area contributed by atoms with Gasteiger partial charge in [-0.05, 0) is 322 Å². The van der Waals surface area contributed by atoms with Crippen LogP contribution in [-0.2, 0) is 41.9 Å². The first-order valence-electron chi connectivity index (χ1n) is 25.6. The summed E-state index contributed by atoms with van der Waals surface area (Å²) in [5.41, 5.74) is 12.2. The fourth-order valence-corrected chi connectivity index (χ4v) is 2.82. The summed E-state index contributed by atoms with van der Waals surface area (Å²) < 4.78 is 0. The van der Waals surface area contributed by atoms with Crippen LogP contribution in [0.4, 0.5) is 0 Å². The van der Waals surface area contributed by atoms with Gasteiger partial charge in [0, 0.05) is 289 Å². The minimum Gasteiger partial charge on any atom is -0.412 e. The fourth-order valence-electron chi connectivity index (χ4n) is 2.82. The predicted octanol–water partition coefficient (Wildman–Crippen LogP) is 3.44. The van der Waals surface area contributed by atoms with Gasteiger partial charge in [0.15, 0.2) is 0 Å². The number of hydrogen-bond acceptors (Lipinski definition) is 6. The first kappa shape index (κ1) is 114. The second-order valence-corrected chi connectivity index (χ2v) is 12.1. The number of nitrogens with one attached hydrogen (secondary N) is 1. The van der Waals surface area contributed by atoms with Gasteiger partial charge in [-0.25, -0.2) is 0 Å². The molecule has 0 amide bonds. The topological polar surface area (TPSA) is 174 Å². The molecule has 0 saturated carbocycles. The molecule has 0 aliphatic rings. The van der Waals surface area contributed by atoms with Crippen molar-refractivity contribution in [1.29, 1.82) is 16.3 Å². The van der Waals surface area contributed by atoms with Crippen molar-refractivity contribution < 1.29 is 25.0 Å². The van der Waals surface area contributed by atoms with Crippen molar-refractivity contribution in [2.24, 2.45) is 0 Å². The molecular weight excluding hydrogens is 1490 g/mol. The van der Waals surface area contributed by atoms with Crippen LogP contribution in [0.25, 0.3) is 10.4 Å².